The molecule has 0 saturated heterocycles. The number of aliphatic hydroxyl groups is 1. The summed E-state index contributed by atoms with van der Waals surface area (Å²) in [6, 6.07) is 13.8. The molecule has 0 heterocycles. The molecule has 0 aromatic heterocycles. The topological polar surface area (TPSA) is 125 Å². The van der Waals surface area contributed by atoms with Crippen molar-refractivity contribution in [3.63, 3.8) is 0 Å². The van der Waals surface area contributed by atoms with E-state index in [4.69, 9.17) is 9.84 Å². The van der Waals surface area contributed by atoms with E-state index in [9.17, 15) is 19.5 Å². The molecule has 188 valence electrons. The number of amides is 2. The van der Waals surface area contributed by atoms with Gasteiger partial charge in [-0.3, -0.25) is 4.79 Å². The molecule has 0 fully saturated rings. The van der Waals surface area contributed by atoms with E-state index < -0.39 is 30.1 Å². The number of carbonyl (C=O) groups excluding carboxylic acids is 2. The lowest BCUT2D eigenvalue weighted by Crippen LogP contribution is -2.52. The number of alkyl carbamates (subject to hydrolysis) is 1. The number of ether oxygens (including phenoxy) is 1. The average Bonchev–Trinajstić information content (AvgIpc) is 3.13. The SMILES string of the molecule is CC(C)(C)CCC(NC(=O)OCC1c2ccccc2-c2ccccc21)C(=O)N[C@@H](CCO)C(=O)O. The minimum Gasteiger partial charge on any atom is -0.480 e. The first kappa shape index (κ1) is 26.2. The van der Waals surface area contributed by atoms with Gasteiger partial charge >= 0.3 is 12.1 Å². The number of hydrogen-bond acceptors (Lipinski definition) is 5. The van der Waals surface area contributed by atoms with Crippen molar-refractivity contribution in [1.29, 1.82) is 0 Å². The molecule has 1 unspecified atom stereocenters. The van der Waals surface area contributed by atoms with Crippen LogP contribution in [-0.4, -0.2) is 53.5 Å². The second-order valence-electron chi connectivity index (χ2n) is 10.0. The second-order valence-corrected chi connectivity index (χ2v) is 10.0. The molecular formula is C27H34N2O6. The monoisotopic (exact) mass is 482 g/mol. The number of fused-ring (bicyclic) bond motifs is 3. The zero-order valence-electron chi connectivity index (χ0n) is 20.4. The molecule has 0 saturated carbocycles. The van der Waals surface area contributed by atoms with Gasteiger partial charge in [-0.05, 0) is 40.5 Å². The molecule has 8 nitrogen and oxygen atoms in total. The Morgan fingerprint density at radius 3 is 2.00 bits per heavy atom. The van der Waals surface area contributed by atoms with E-state index in [0.717, 1.165) is 22.3 Å². The quantitative estimate of drug-likeness (QED) is 0.410. The molecule has 0 bridgehead atoms. The Balaban J connectivity index is 1.68. The van der Waals surface area contributed by atoms with E-state index in [1.54, 1.807) is 0 Å². The first-order valence-corrected chi connectivity index (χ1v) is 11.9. The van der Waals surface area contributed by atoms with Crippen LogP contribution in [0.1, 0.15) is 57.1 Å². The molecule has 2 aromatic rings. The first-order chi connectivity index (χ1) is 16.6. The molecule has 4 N–H and O–H groups in total. The predicted molar refractivity (Wildman–Crippen MR) is 132 cm³/mol. The van der Waals surface area contributed by atoms with Gasteiger partial charge in [-0.25, -0.2) is 9.59 Å². The summed E-state index contributed by atoms with van der Waals surface area (Å²) in [6.45, 7) is 5.77. The third kappa shape index (κ3) is 6.82. The lowest BCUT2D eigenvalue weighted by atomic mass is 9.88. The van der Waals surface area contributed by atoms with Crippen LogP contribution >= 0.6 is 0 Å². The van der Waals surface area contributed by atoms with E-state index in [0.29, 0.717) is 12.8 Å². The summed E-state index contributed by atoms with van der Waals surface area (Å²) in [5.41, 5.74) is 4.29. The molecule has 3 rings (SSSR count). The molecule has 0 spiro atoms. The number of carboxylic acids is 1. The van der Waals surface area contributed by atoms with Gasteiger partial charge < -0.3 is 25.6 Å². The van der Waals surface area contributed by atoms with Crippen LogP contribution in [0.4, 0.5) is 4.79 Å². The maximum Gasteiger partial charge on any atom is 0.407 e. The smallest absolute Gasteiger partial charge is 0.407 e. The van der Waals surface area contributed by atoms with E-state index in [-0.39, 0.29) is 31.0 Å². The van der Waals surface area contributed by atoms with Gasteiger partial charge in [0.25, 0.3) is 0 Å². The molecule has 8 heteroatoms. The predicted octanol–water partition coefficient (Wildman–Crippen LogP) is 3.67. The van der Waals surface area contributed by atoms with Gasteiger partial charge in [-0.2, -0.15) is 0 Å². The van der Waals surface area contributed by atoms with Crippen LogP contribution in [0.2, 0.25) is 0 Å². The lowest BCUT2D eigenvalue weighted by molar-refractivity contribution is -0.142. The Labute approximate surface area is 205 Å². The van der Waals surface area contributed by atoms with Crippen molar-refractivity contribution in [2.24, 2.45) is 5.41 Å². The Bertz CT molecular complexity index is 1020. The van der Waals surface area contributed by atoms with Crippen LogP contribution in [-0.2, 0) is 14.3 Å². The average molecular weight is 483 g/mol. The van der Waals surface area contributed by atoms with Crippen LogP contribution in [0.15, 0.2) is 48.5 Å². The summed E-state index contributed by atoms with van der Waals surface area (Å²) < 4.78 is 5.57. The standard InChI is InChI=1S/C27H34N2O6/c1-27(2,3)14-12-22(24(31)28-23(13-15-30)25(32)33)29-26(34)35-16-21-19-10-6-4-8-17(19)18-9-5-7-11-20(18)21/h4-11,21-23,30H,12-16H2,1-3H3,(H,28,31)(H,29,34)(H,32,33)/t22?,23-/m0/s1. The van der Waals surface area contributed by atoms with Crippen molar-refractivity contribution in [2.45, 2.75) is 58.0 Å². The molecular weight excluding hydrogens is 448 g/mol. The Hall–Kier alpha value is -3.39. The van der Waals surface area contributed by atoms with Gasteiger partial charge in [-0.15, -0.1) is 0 Å². The van der Waals surface area contributed by atoms with E-state index >= 15 is 0 Å². The second kappa shape index (κ2) is 11.4. The maximum atomic E-state index is 12.8. The number of benzene rings is 2. The number of aliphatic carboxylic acids is 1. The Morgan fingerprint density at radius 2 is 1.49 bits per heavy atom. The summed E-state index contributed by atoms with van der Waals surface area (Å²) in [5.74, 6) is -1.98. The van der Waals surface area contributed by atoms with Crippen molar-refractivity contribution in [3.8, 4) is 11.1 Å². The minimum atomic E-state index is -1.25. The summed E-state index contributed by atoms with van der Waals surface area (Å²) in [7, 11) is 0. The number of carboxylic acid groups (broad SMARTS) is 1. The maximum absolute atomic E-state index is 12.8. The van der Waals surface area contributed by atoms with E-state index in [1.165, 1.54) is 0 Å². The first-order valence-electron chi connectivity index (χ1n) is 11.9. The summed E-state index contributed by atoms with van der Waals surface area (Å²) in [5, 5.41) is 23.4. The Kier molecular flexibility index (Phi) is 8.51. The highest BCUT2D eigenvalue weighted by Gasteiger charge is 2.31. The molecule has 2 aromatic carbocycles. The number of carbonyl (C=O) groups is 3. The fourth-order valence-electron chi connectivity index (χ4n) is 4.29. The molecule has 35 heavy (non-hydrogen) atoms. The van der Waals surface area contributed by atoms with Gasteiger partial charge in [-0.1, -0.05) is 69.3 Å². The van der Waals surface area contributed by atoms with Crippen molar-refractivity contribution in [2.75, 3.05) is 13.2 Å². The van der Waals surface area contributed by atoms with Crippen molar-refractivity contribution in [3.05, 3.63) is 59.7 Å². The molecule has 0 aliphatic heterocycles. The highest BCUT2D eigenvalue weighted by molar-refractivity contribution is 5.89. The normalized spacial score (nSPS) is 14.4. The largest absolute Gasteiger partial charge is 0.480 e. The fraction of sp³-hybridized carbons (Fsp3) is 0.444. The molecule has 1 aliphatic carbocycles. The number of hydrogen-bond donors (Lipinski definition) is 4. The third-order valence-corrected chi connectivity index (χ3v) is 6.17. The lowest BCUT2D eigenvalue weighted by Gasteiger charge is -2.25. The van der Waals surface area contributed by atoms with Crippen LogP contribution < -0.4 is 10.6 Å². The summed E-state index contributed by atoms with van der Waals surface area (Å²) >= 11 is 0. The van der Waals surface area contributed by atoms with Gasteiger partial charge in [0.05, 0.1) is 0 Å². The van der Waals surface area contributed by atoms with Crippen LogP contribution in [0, 0.1) is 5.41 Å². The Morgan fingerprint density at radius 1 is 0.914 bits per heavy atom. The zero-order valence-corrected chi connectivity index (χ0v) is 20.4. The number of rotatable bonds is 10. The summed E-state index contributed by atoms with van der Waals surface area (Å²) in [4.78, 5) is 37.0. The third-order valence-electron chi connectivity index (χ3n) is 6.17. The molecule has 2 amide bonds. The highest BCUT2D eigenvalue weighted by atomic mass is 16.5. The van der Waals surface area contributed by atoms with Gasteiger partial charge in [0.1, 0.15) is 18.7 Å². The summed E-state index contributed by atoms with van der Waals surface area (Å²) in [6.07, 6.45) is 0.0603. The highest BCUT2D eigenvalue weighted by Crippen LogP contribution is 2.44. The van der Waals surface area contributed by atoms with Crippen LogP contribution in [0.3, 0.4) is 0 Å². The van der Waals surface area contributed by atoms with Crippen LogP contribution in [0.5, 0.6) is 0 Å². The zero-order chi connectivity index (χ0) is 25.6. The van der Waals surface area contributed by atoms with Crippen LogP contribution in [0.25, 0.3) is 11.1 Å². The van der Waals surface area contributed by atoms with Crippen molar-refractivity contribution >= 4 is 18.0 Å². The molecule has 0 radical (unpaired) electrons. The van der Waals surface area contributed by atoms with Crippen molar-refractivity contribution in [1.82, 2.24) is 10.6 Å². The van der Waals surface area contributed by atoms with Crippen molar-refractivity contribution < 1.29 is 29.3 Å². The fourth-order valence-corrected chi connectivity index (χ4v) is 4.29. The van der Waals surface area contributed by atoms with E-state index in [2.05, 4.69) is 10.6 Å². The minimum absolute atomic E-state index is 0.0985. The number of aliphatic hydroxyl groups excluding tert-OH is 1. The molecule has 2 atom stereocenters. The molecule has 1 aliphatic rings. The van der Waals surface area contributed by atoms with Gasteiger partial charge in [0.15, 0.2) is 0 Å². The van der Waals surface area contributed by atoms with E-state index in [1.807, 2.05) is 69.3 Å². The van der Waals surface area contributed by atoms with Gasteiger partial charge in [0.2, 0.25) is 5.91 Å². The number of nitrogens with one attached hydrogen (secondary N) is 2. The van der Waals surface area contributed by atoms with Gasteiger partial charge in [0, 0.05) is 18.9 Å².